The number of fused-ring (bicyclic) bond motifs is 3. The molecule has 4 unspecified atom stereocenters. The minimum absolute atomic E-state index is 0.0390. The molecule has 2 aromatic rings. The van der Waals surface area contributed by atoms with Crippen LogP contribution in [0, 0.1) is 23.2 Å². The molecule has 1 N–H and O–H groups in total. The number of imidazole rings is 1. The van der Waals surface area contributed by atoms with Gasteiger partial charge in [-0.1, -0.05) is 24.3 Å². The molecule has 7 rings (SSSR count). The van der Waals surface area contributed by atoms with E-state index >= 15 is 0 Å². The van der Waals surface area contributed by atoms with Gasteiger partial charge in [-0.25, -0.2) is 4.98 Å². The van der Waals surface area contributed by atoms with Crippen LogP contribution < -0.4 is 0 Å². The number of nitrogens with zero attached hydrogens (tertiary/aromatic N) is 2. The van der Waals surface area contributed by atoms with Crippen LogP contribution in [0.25, 0.3) is 11.3 Å². The molecule has 5 aliphatic rings. The van der Waals surface area contributed by atoms with Crippen LogP contribution in [0.2, 0.25) is 0 Å². The first-order valence-corrected chi connectivity index (χ1v) is 9.97. The number of aliphatic hydroxyl groups excluding tert-OH is 1. The van der Waals surface area contributed by atoms with Gasteiger partial charge in [-0.3, -0.25) is 4.79 Å². The van der Waals surface area contributed by atoms with Gasteiger partial charge in [-0.2, -0.15) is 0 Å². The average molecular weight is 348 g/mol. The van der Waals surface area contributed by atoms with Crippen molar-refractivity contribution in [2.24, 2.45) is 23.2 Å². The number of carbonyl (C=O) groups excluding carboxylic acids is 1. The molecule has 1 aromatic carbocycles. The lowest BCUT2D eigenvalue weighted by Gasteiger charge is -2.57. The van der Waals surface area contributed by atoms with E-state index in [0.29, 0.717) is 11.7 Å². The molecule has 4 fully saturated rings. The first-order valence-electron chi connectivity index (χ1n) is 9.97. The van der Waals surface area contributed by atoms with Crippen molar-refractivity contribution in [1.82, 2.24) is 9.55 Å². The van der Waals surface area contributed by atoms with E-state index in [0.717, 1.165) is 44.2 Å². The molecule has 4 heteroatoms. The number of Topliss-reactive ketones (excluding diaryl/α,β-unsaturated/α-hetero) is 1. The fraction of sp³-hybridized carbons (Fsp3) is 0.545. The number of rotatable bonds is 3. The lowest BCUT2D eigenvalue weighted by atomic mass is 9.47. The van der Waals surface area contributed by atoms with Crippen molar-refractivity contribution in [3.8, 4) is 11.3 Å². The van der Waals surface area contributed by atoms with Gasteiger partial charge >= 0.3 is 0 Å². The highest BCUT2D eigenvalue weighted by molar-refractivity contribution is 5.85. The summed E-state index contributed by atoms with van der Waals surface area (Å²) in [6.45, 7) is 0. The minimum Gasteiger partial charge on any atom is -0.392 e. The maximum atomic E-state index is 12.5. The Hall–Kier alpha value is -1.94. The summed E-state index contributed by atoms with van der Waals surface area (Å²) in [4.78, 5) is 16.8. The highest BCUT2D eigenvalue weighted by Crippen LogP contribution is 2.61. The number of aromatic nitrogens is 2. The number of ketones is 1. The first kappa shape index (κ1) is 15.2. The lowest BCUT2D eigenvalue weighted by molar-refractivity contribution is -0.159. The Kier molecular flexibility index (Phi) is 2.95. The monoisotopic (exact) mass is 348 g/mol. The maximum absolute atomic E-state index is 12.5. The van der Waals surface area contributed by atoms with Crippen LogP contribution in [0.3, 0.4) is 0 Å². The van der Waals surface area contributed by atoms with Gasteiger partial charge in [-0.05, 0) is 55.4 Å². The van der Waals surface area contributed by atoms with Crippen molar-refractivity contribution in [3.63, 3.8) is 0 Å². The van der Waals surface area contributed by atoms with E-state index in [1.807, 2.05) is 12.5 Å². The second-order valence-electron chi connectivity index (χ2n) is 9.15. The summed E-state index contributed by atoms with van der Waals surface area (Å²) < 4.78 is 2.22. The van der Waals surface area contributed by atoms with E-state index in [-0.39, 0.29) is 29.4 Å². The molecular weight excluding hydrogens is 324 g/mol. The largest absolute Gasteiger partial charge is 0.392 e. The molecule has 0 spiro atoms. The SMILES string of the molecule is O=C1C2CC3CC1CC(C(O)CC1c4ccccc4-c4cncn41)(C3)C2. The van der Waals surface area contributed by atoms with Crippen LogP contribution in [0.15, 0.2) is 36.8 Å². The van der Waals surface area contributed by atoms with Crippen LogP contribution in [0.1, 0.15) is 50.1 Å². The molecule has 1 aliphatic heterocycles. The van der Waals surface area contributed by atoms with E-state index < -0.39 is 0 Å². The average Bonchev–Trinajstić information content (AvgIpc) is 3.22. The molecule has 4 aliphatic carbocycles. The molecule has 26 heavy (non-hydrogen) atoms. The lowest BCUT2D eigenvalue weighted by Crippen LogP contribution is -2.56. The second kappa shape index (κ2) is 5.07. The minimum atomic E-state index is -0.352. The Morgan fingerprint density at radius 1 is 1.19 bits per heavy atom. The topological polar surface area (TPSA) is 55.1 Å². The zero-order valence-electron chi connectivity index (χ0n) is 14.8. The first-order chi connectivity index (χ1) is 12.6. The van der Waals surface area contributed by atoms with Crippen molar-refractivity contribution < 1.29 is 9.90 Å². The fourth-order valence-electron chi connectivity index (χ4n) is 6.85. The molecular formula is C22H24N2O2. The van der Waals surface area contributed by atoms with Gasteiger partial charge in [0.25, 0.3) is 0 Å². The number of hydrogen-bond donors (Lipinski definition) is 1. The van der Waals surface area contributed by atoms with Crippen LogP contribution in [-0.4, -0.2) is 26.5 Å². The third-order valence-electron chi connectivity index (χ3n) is 7.79. The molecule has 0 saturated heterocycles. The predicted octanol–water partition coefficient (Wildman–Crippen LogP) is 3.60. The molecule has 1 aromatic heterocycles. The molecule has 4 atom stereocenters. The molecule has 4 bridgehead atoms. The van der Waals surface area contributed by atoms with Gasteiger partial charge in [-0.15, -0.1) is 0 Å². The molecule has 0 amide bonds. The Morgan fingerprint density at radius 3 is 2.77 bits per heavy atom. The van der Waals surface area contributed by atoms with E-state index in [9.17, 15) is 9.90 Å². The molecule has 4 saturated carbocycles. The standard InChI is InChI=1S/C22H24N2O2/c25-20(22-8-13-5-14(9-22)21(26)15(6-13)10-22)7-18-16-3-1-2-4-17(16)19-11-23-12-24(18)19/h1-4,11-15,18,20,25H,5-10H2. The molecule has 4 nitrogen and oxygen atoms in total. The van der Waals surface area contributed by atoms with Crippen molar-refractivity contribution in [3.05, 3.63) is 42.4 Å². The predicted molar refractivity (Wildman–Crippen MR) is 97.4 cm³/mol. The summed E-state index contributed by atoms with van der Waals surface area (Å²) in [5.41, 5.74) is 3.65. The fourth-order valence-corrected chi connectivity index (χ4v) is 6.85. The highest BCUT2D eigenvalue weighted by Gasteiger charge is 2.57. The summed E-state index contributed by atoms with van der Waals surface area (Å²) in [5.74, 6) is 1.58. The van der Waals surface area contributed by atoms with Crippen LogP contribution >= 0.6 is 0 Å². The number of aliphatic hydroxyl groups is 1. The van der Waals surface area contributed by atoms with Gasteiger partial charge in [0.05, 0.1) is 30.4 Å². The van der Waals surface area contributed by atoms with Crippen LogP contribution in [0.4, 0.5) is 0 Å². The molecule has 134 valence electrons. The van der Waals surface area contributed by atoms with Gasteiger partial charge in [0.15, 0.2) is 0 Å². The maximum Gasteiger partial charge on any atom is 0.139 e. The summed E-state index contributed by atoms with van der Waals surface area (Å²) in [6.07, 6.45) is 9.26. The van der Waals surface area contributed by atoms with E-state index in [1.165, 1.54) is 11.1 Å². The number of carbonyl (C=O) groups is 1. The van der Waals surface area contributed by atoms with Crippen molar-refractivity contribution in [1.29, 1.82) is 0 Å². The Balaban J connectivity index is 1.33. The third kappa shape index (κ3) is 1.88. The third-order valence-corrected chi connectivity index (χ3v) is 7.79. The number of benzene rings is 1. The zero-order valence-corrected chi connectivity index (χ0v) is 14.8. The van der Waals surface area contributed by atoms with Gasteiger partial charge in [0, 0.05) is 17.4 Å². The number of hydrogen-bond acceptors (Lipinski definition) is 3. The Bertz CT molecular complexity index is 883. The van der Waals surface area contributed by atoms with Gasteiger partial charge in [0.1, 0.15) is 5.78 Å². The normalized spacial score (nSPS) is 37.7. The summed E-state index contributed by atoms with van der Waals surface area (Å²) in [7, 11) is 0. The molecule has 0 radical (unpaired) electrons. The smallest absolute Gasteiger partial charge is 0.139 e. The van der Waals surface area contributed by atoms with E-state index in [2.05, 4.69) is 33.8 Å². The van der Waals surface area contributed by atoms with Crippen LogP contribution in [0.5, 0.6) is 0 Å². The van der Waals surface area contributed by atoms with Crippen molar-refractivity contribution in [2.45, 2.75) is 50.7 Å². The second-order valence-corrected chi connectivity index (χ2v) is 9.15. The van der Waals surface area contributed by atoms with Gasteiger partial charge in [0.2, 0.25) is 0 Å². The summed E-state index contributed by atoms with van der Waals surface area (Å²) in [5, 5.41) is 11.4. The summed E-state index contributed by atoms with van der Waals surface area (Å²) >= 11 is 0. The van der Waals surface area contributed by atoms with Crippen LogP contribution in [-0.2, 0) is 4.79 Å². The quantitative estimate of drug-likeness (QED) is 0.922. The summed E-state index contributed by atoms with van der Waals surface area (Å²) in [6, 6.07) is 8.64. The highest BCUT2D eigenvalue weighted by atomic mass is 16.3. The van der Waals surface area contributed by atoms with Gasteiger partial charge < -0.3 is 9.67 Å². The Labute approximate surface area is 153 Å². The van der Waals surface area contributed by atoms with E-state index in [4.69, 9.17) is 0 Å². The Morgan fingerprint density at radius 2 is 1.96 bits per heavy atom. The van der Waals surface area contributed by atoms with E-state index in [1.54, 1.807) is 0 Å². The molecule has 2 heterocycles. The van der Waals surface area contributed by atoms with Crippen molar-refractivity contribution >= 4 is 5.78 Å². The van der Waals surface area contributed by atoms with Crippen molar-refractivity contribution in [2.75, 3.05) is 0 Å². The zero-order chi connectivity index (χ0) is 17.5.